The molecule has 96 valence electrons. The van der Waals surface area contributed by atoms with Gasteiger partial charge in [0.1, 0.15) is 0 Å². The van der Waals surface area contributed by atoms with Crippen LogP contribution in [0, 0.1) is 5.41 Å². The van der Waals surface area contributed by atoms with Gasteiger partial charge in [0.05, 0.1) is 5.41 Å². The Bertz CT molecular complexity index is 493. The van der Waals surface area contributed by atoms with Crippen molar-refractivity contribution in [3.8, 4) is 0 Å². The topological polar surface area (TPSA) is 17.1 Å². The molecule has 0 amide bonds. The predicted molar refractivity (Wildman–Crippen MR) is 60.5 cm³/mol. The van der Waals surface area contributed by atoms with E-state index < -0.39 is 11.6 Å². The first-order chi connectivity index (χ1) is 8.28. The molecule has 3 fully saturated rings. The van der Waals surface area contributed by atoms with Crippen molar-refractivity contribution in [3.05, 3.63) is 35.4 Å². The molecule has 1 aromatic carbocycles. The molecule has 3 saturated carbocycles. The Morgan fingerprint density at radius 3 is 2.00 bits per heavy atom. The lowest BCUT2D eigenvalue weighted by atomic mass is 9.33. The van der Waals surface area contributed by atoms with Gasteiger partial charge in [0.15, 0.2) is 5.78 Å². The number of alkyl halides is 3. The lowest BCUT2D eigenvalue weighted by molar-refractivity contribution is -0.337. The summed E-state index contributed by atoms with van der Waals surface area (Å²) in [4.78, 5) is 11.1. The summed E-state index contributed by atoms with van der Waals surface area (Å²) in [5.41, 5.74) is -0.133. The van der Waals surface area contributed by atoms with Crippen molar-refractivity contribution >= 4 is 5.78 Å². The van der Waals surface area contributed by atoms with Crippen LogP contribution in [0.2, 0.25) is 0 Å². The third-order valence-electron chi connectivity index (χ3n) is 4.54. The van der Waals surface area contributed by atoms with Gasteiger partial charge in [0.25, 0.3) is 0 Å². The zero-order valence-corrected chi connectivity index (χ0v) is 9.97. The van der Waals surface area contributed by atoms with Crippen molar-refractivity contribution in [1.29, 1.82) is 0 Å². The molecule has 0 aliphatic heterocycles. The number of rotatable bonds is 2. The fourth-order valence-electron chi connectivity index (χ4n) is 3.45. The molecule has 2 bridgehead atoms. The average Bonchev–Trinajstić information content (AvgIpc) is 2.11. The van der Waals surface area contributed by atoms with Gasteiger partial charge < -0.3 is 0 Å². The summed E-state index contributed by atoms with van der Waals surface area (Å²) in [6.07, 6.45) is -3.43. The van der Waals surface area contributed by atoms with E-state index in [2.05, 4.69) is 0 Å². The zero-order valence-electron chi connectivity index (χ0n) is 9.97. The lowest BCUT2D eigenvalue weighted by Gasteiger charge is -2.71. The molecule has 0 heterocycles. The van der Waals surface area contributed by atoms with Crippen LogP contribution in [0.5, 0.6) is 0 Å². The molecule has 1 nitrogen and oxygen atoms in total. The van der Waals surface area contributed by atoms with Gasteiger partial charge in [-0.2, -0.15) is 13.2 Å². The Labute approximate surface area is 103 Å². The maximum absolute atomic E-state index is 12.7. The van der Waals surface area contributed by atoms with Gasteiger partial charge in [-0.3, -0.25) is 4.79 Å². The van der Waals surface area contributed by atoms with E-state index in [4.69, 9.17) is 0 Å². The van der Waals surface area contributed by atoms with Crippen molar-refractivity contribution < 1.29 is 18.0 Å². The van der Waals surface area contributed by atoms with E-state index in [1.54, 1.807) is 24.3 Å². The third-order valence-corrected chi connectivity index (χ3v) is 4.54. The Morgan fingerprint density at radius 1 is 1.11 bits per heavy atom. The standard InChI is InChI=1S/C14H13F3O/c1-9(18)10-2-4-11(5-3-10)12-6-13(7-12,8-12)14(15,16)17/h2-5H,6-8H2,1H3. The van der Waals surface area contributed by atoms with Crippen molar-refractivity contribution in [2.24, 2.45) is 5.41 Å². The Morgan fingerprint density at radius 2 is 1.61 bits per heavy atom. The Balaban J connectivity index is 1.79. The summed E-state index contributed by atoms with van der Waals surface area (Å²) in [6, 6.07) is 7.02. The molecule has 3 aliphatic carbocycles. The van der Waals surface area contributed by atoms with Gasteiger partial charge in [0.2, 0.25) is 0 Å². The van der Waals surface area contributed by atoms with Crippen LogP contribution < -0.4 is 0 Å². The second kappa shape index (κ2) is 3.16. The van der Waals surface area contributed by atoms with Gasteiger partial charge in [0, 0.05) is 5.56 Å². The normalized spacial score (nSPS) is 33.6. The van der Waals surface area contributed by atoms with E-state index in [0.29, 0.717) is 5.56 Å². The third kappa shape index (κ3) is 1.32. The number of Topliss-reactive ketones (excluding diaryl/α,β-unsaturated/α-hetero) is 1. The summed E-state index contributed by atoms with van der Waals surface area (Å²) in [5, 5.41) is 0. The van der Waals surface area contributed by atoms with Crippen molar-refractivity contribution in [2.75, 3.05) is 0 Å². The molecular formula is C14H13F3O. The highest BCUT2D eigenvalue weighted by Gasteiger charge is 2.78. The minimum absolute atomic E-state index is 0.0223. The fraction of sp³-hybridized carbons (Fsp3) is 0.500. The first-order valence-electron chi connectivity index (χ1n) is 5.96. The van der Waals surface area contributed by atoms with E-state index in [9.17, 15) is 18.0 Å². The Hall–Kier alpha value is -1.32. The van der Waals surface area contributed by atoms with Crippen LogP contribution in [0.25, 0.3) is 0 Å². The second-order valence-corrected chi connectivity index (χ2v) is 5.72. The van der Waals surface area contributed by atoms with Gasteiger partial charge in [-0.1, -0.05) is 24.3 Å². The summed E-state index contributed by atoms with van der Waals surface area (Å²) < 4.78 is 38.2. The zero-order chi connectivity index (χ0) is 13.2. The summed E-state index contributed by atoms with van der Waals surface area (Å²) in [5.74, 6) is -0.0223. The maximum atomic E-state index is 12.7. The predicted octanol–water partition coefficient (Wildman–Crippen LogP) is 3.87. The number of hydrogen-bond acceptors (Lipinski definition) is 1. The summed E-state index contributed by atoms with van der Waals surface area (Å²) in [7, 11) is 0. The van der Waals surface area contributed by atoms with E-state index >= 15 is 0 Å². The van der Waals surface area contributed by atoms with Crippen LogP contribution in [0.1, 0.15) is 42.1 Å². The van der Waals surface area contributed by atoms with E-state index in [1.165, 1.54) is 6.92 Å². The summed E-state index contributed by atoms with van der Waals surface area (Å²) in [6.45, 7) is 1.48. The van der Waals surface area contributed by atoms with Crippen LogP contribution in [-0.2, 0) is 5.41 Å². The first-order valence-corrected chi connectivity index (χ1v) is 5.96. The highest BCUT2D eigenvalue weighted by atomic mass is 19.4. The second-order valence-electron chi connectivity index (χ2n) is 5.72. The van der Waals surface area contributed by atoms with Crippen molar-refractivity contribution in [3.63, 3.8) is 0 Å². The molecular weight excluding hydrogens is 241 g/mol. The number of carbonyl (C=O) groups is 1. The molecule has 4 rings (SSSR count). The number of hydrogen-bond donors (Lipinski definition) is 0. The lowest BCUT2D eigenvalue weighted by Crippen LogP contribution is -2.70. The van der Waals surface area contributed by atoms with Gasteiger partial charge in [-0.25, -0.2) is 0 Å². The molecule has 18 heavy (non-hydrogen) atoms. The number of ketones is 1. The number of halogens is 3. The number of carbonyl (C=O) groups excluding carboxylic acids is 1. The highest BCUT2D eigenvalue weighted by Crippen LogP contribution is 2.78. The van der Waals surface area contributed by atoms with Crippen LogP contribution in [-0.4, -0.2) is 12.0 Å². The van der Waals surface area contributed by atoms with Crippen LogP contribution in [0.4, 0.5) is 13.2 Å². The molecule has 0 saturated heterocycles. The molecule has 0 unspecified atom stereocenters. The quantitative estimate of drug-likeness (QED) is 0.732. The fourth-order valence-corrected chi connectivity index (χ4v) is 3.45. The molecule has 1 aromatic rings. The SMILES string of the molecule is CC(=O)c1ccc(C23CC(C(F)(F)F)(C2)C3)cc1. The van der Waals surface area contributed by atoms with Gasteiger partial charge in [-0.15, -0.1) is 0 Å². The average molecular weight is 254 g/mol. The number of benzene rings is 1. The summed E-state index contributed by atoms with van der Waals surface area (Å²) >= 11 is 0. The van der Waals surface area contributed by atoms with Gasteiger partial charge in [-0.05, 0) is 37.2 Å². The minimum atomic E-state index is -4.06. The largest absolute Gasteiger partial charge is 0.394 e. The van der Waals surface area contributed by atoms with Crippen LogP contribution in [0.15, 0.2) is 24.3 Å². The monoisotopic (exact) mass is 254 g/mol. The molecule has 4 heteroatoms. The molecule has 0 aromatic heterocycles. The van der Waals surface area contributed by atoms with Crippen LogP contribution >= 0.6 is 0 Å². The Kier molecular flexibility index (Phi) is 2.07. The van der Waals surface area contributed by atoms with E-state index in [0.717, 1.165) is 5.56 Å². The van der Waals surface area contributed by atoms with Crippen molar-refractivity contribution in [1.82, 2.24) is 0 Å². The highest BCUT2D eigenvalue weighted by molar-refractivity contribution is 5.94. The molecule has 0 atom stereocenters. The molecule has 0 radical (unpaired) electrons. The molecule has 0 spiro atoms. The van der Waals surface area contributed by atoms with E-state index in [1.807, 2.05) is 0 Å². The molecule has 3 aliphatic rings. The smallest absolute Gasteiger partial charge is 0.295 e. The van der Waals surface area contributed by atoms with Gasteiger partial charge >= 0.3 is 6.18 Å². The maximum Gasteiger partial charge on any atom is 0.394 e. The minimum Gasteiger partial charge on any atom is -0.295 e. The van der Waals surface area contributed by atoms with Crippen molar-refractivity contribution in [2.45, 2.75) is 37.8 Å². The van der Waals surface area contributed by atoms with E-state index in [-0.39, 0.29) is 30.5 Å². The molecule has 0 N–H and O–H groups in total. The van der Waals surface area contributed by atoms with Crippen LogP contribution in [0.3, 0.4) is 0 Å². The first kappa shape index (κ1) is 11.8.